The molecule has 4 heteroatoms. The van der Waals surface area contributed by atoms with Crippen LogP contribution in [0.1, 0.15) is 18.4 Å². The molecule has 1 heterocycles. The molecule has 0 saturated carbocycles. The monoisotopic (exact) mass is 247 g/mol. The summed E-state index contributed by atoms with van der Waals surface area (Å²) >= 11 is 0. The van der Waals surface area contributed by atoms with E-state index in [0.717, 1.165) is 25.4 Å². The molecule has 98 valence electrons. The number of nitrogens with zero attached hydrogens (tertiary/aromatic N) is 2. The molecule has 1 aromatic carbocycles. The third kappa shape index (κ3) is 3.74. The maximum absolute atomic E-state index is 8.55. The van der Waals surface area contributed by atoms with Gasteiger partial charge >= 0.3 is 0 Å². The van der Waals surface area contributed by atoms with Gasteiger partial charge in [-0.1, -0.05) is 35.5 Å². The number of hydrogen-bond acceptors (Lipinski definition) is 3. The van der Waals surface area contributed by atoms with Gasteiger partial charge in [0.1, 0.15) is 0 Å². The van der Waals surface area contributed by atoms with Crippen molar-refractivity contribution in [3.8, 4) is 0 Å². The van der Waals surface area contributed by atoms with Gasteiger partial charge in [-0.25, -0.2) is 0 Å². The first-order valence-corrected chi connectivity index (χ1v) is 6.50. The molecular formula is C14H21N3O. The Morgan fingerprint density at radius 2 is 1.94 bits per heavy atom. The molecule has 1 fully saturated rings. The van der Waals surface area contributed by atoms with Crippen LogP contribution in [-0.4, -0.2) is 35.6 Å². The Labute approximate surface area is 108 Å². The van der Waals surface area contributed by atoms with E-state index in [1.165, 1.54) is 18.4 Å². The molecule has 1 aliphatic rings. The van der Waals surface area contributed by atoms with E-state index in [9.17, 15) is 0 Å². The summed E-state index contributed by atoms with van der Waals surface area (Å²) in [6.45, 7) is 2.65. The number of piperidine rings is 1. The molecule has 0 amide bonds. The predicted molar refractivity (Wildman–Crippen MR) is 72.7 cm³/mol. The lowest BCUT2D eigenvalue weighted by molar-refractivity contribution is 0.202. The van der Waals surface area contributed by atoms with Crippen molar-refractivity contribution in [1.82, 2.24) is 4.90 Å². The van der Waals surface area contributed by atoms with Crippen LogP contribution in [0.15, 0.2) is 35.5 Å². The summed E-state index contributed by atoms with van der Waals surface area (Å²) in [5, 5.41) is 11.6. The van der Waals surface area contributed by atoms with Gasteiger partial charge in [-0.3, -0.25) is 4.90 Å². The standard InChI is InChI=1S/C14H21N3O/c15-14(16-18)11-17-8-6-13(7-9-17)10-12-4-2-1-3-5-12/h1-5,13,18H,6-11H2,(H2,15,16). The second-order valence-corrected chi connectivity index (χ2v) is 5.00. The Hall–Kier alpha value is -1.55. The summed E-state index contributed by atoms with van der Waals surface area (Å²) in [4.78, 5) is 2.25. The van der Waals surface area contributed by atoms with Crippen LogP contribution < -0.4 is 5.73 Å². The number of rotatable bonds is 4. The lowest BCUT2D eigenvalue weighted by Gasteiger charge is -2.31. The second-order valence-electron chi connectivity index (χ2n) is 5.00. The Morgan fingerprint density at radius 3 is 2.56 bits per heavy atom. The quantitative estimate of drug-likeness (QED) is 0.368. The number of hydrogen-bond donors (Lipinski definition) is 2. The van der Waals surface area contributed by atoms with Gasteiger partial charge in [0.2, 0.25) is 0 Å². The topological polar surface area (TPSA) is 61.8 Å². The predicted octanol–water partition coefficient (Wildman–Crippen LogP) is 1.69. The van der Waals surface area contributed by atoms with Crippen LogP contribution in [-0.2, 0) is 6.42 Å². The largest absolute Gasteiger partial charge is 0.409 e. The fourth-order valence-corrected chi connectivity index (χ4v) is 2.56. The number of benzene rings is 1. The average Bonchev–Trinajstić information content (AvgIpc) is 2.42. The zero-order valence-electron chi connectivity index (χ0n) is 10.6. The first-order valence-electron chi connectivity index (χ1n) is 6.50. The van der Waals surface area contributed by atoms with Crippen LogP contribution >= 0.6 is 0 Å². The zero-order chi connectivity index (χ0) is 12.8. The normalized spacial score (nSPS) is 19.0. The van der Waals surface area contributed by atoms with Gasteiger partial charge in [0.05, 0.1) is 6.54 Å². The van der Waals surface area contributed by atoms with Gasteiger partial charge < -0.3 is 10.9 Å². The van der Waals surface area contributed by atoms with Crippen molar-refractivity contribution in [2.75, 3.05) is 19.6 Å². The van der Waals surface area contributed by atoms with Crippen molar-refractivity contribution in [3.05, 3.63) is 35.9 Å². The maximum Gasteiger partial charge on any atom is 0.153 e. The average molecular weight is 247 g/mol. The maximum atomic E-state index is 8.55. The molecule has 0 aliphatic carbocycles. The SMILES string of the molecule is N/C(CN1CCC(Cc2ccccc2)CC1)=N\O. The van der Waals surface area contributed by atoms with Crippen LogP contribution in [0, 0.1) is 5.92 Å². The van der Waals surface area contributed by atoms with E-state index in [1.54, 1.807) is 0 Å². The number of amidine groups is 1. The van der Waals surface area contributed by atoms with E-state index in [-0.39, 0.29) is 0 Å². The van der Waals surface area contributed by atoms with Gasteiger partial charge in [-0.05, 0) is 43.8 Å². The molecule has 0 radical (unpaired) electrons. The summed E-state index contributed by atoms with van der Waals surface area (Å²) in [6.07, 6.45) is 3.54. The molecule has 1 aromatic rings. The summed E-state index contributed by atoms with van der Waals surface area (Å²) in [6, 6.07) is 10.7. The molecule has 0 bridgehead atoms. The van der Waals surface area contributed by atoms with Crippen LogP contribution in [0.3, 0.4) is 0 Å². The highest BCUT2D eigenvalue weighted by molar-refractivity contribution is 5.81. The molecule has 2 rings (SSSR count). The molecule has 4 nitrogen and oxygen atoms in total. The molecular weight excluding hydrogens is 226 g/mol. The minimum Gasteiger partial charge on any atom is -0.409 e. The lowest BCUT2D eigenvalue weighted by Crippen LogP contribution is -2.40. The van der Waals surface area contributed by atoms with Crippen LogP contribution in [0.5, 0.6) is 0 Å². The van der Waals surface area contributed by atoms with Gasteiger partial charge in [0.25, 0.3) is 0 Å². The van der Waals surface area contributed by atoms with Crippen molar-refractivity contribution in [1.29, 1.82) is 0 Å². The molecule has 3 N–H and O–H groups in total. The van der Waals surface area contributed by atoms with Crippen LogP contribution in [0.2, 0.25) is 0 Å². The van der Waals surface area contributed by atoms with Crippen LogP contribution in [0.25, 0.3) is 0 Å². The van der Waals surface area contributed by atoms with E-state index < -0.39 is 0 Å². The second kappa shape index (κ2) is 6.40. The Kier molecular flexibility index (Phi) is 4.59. The first kappa shape index (κ1) is 12.9. The Bertz CT molecular complexity index is 383. The summed E-state index contributed by atoms with van der Waals surface area (Å²) in [7, 11) is 0. The molecule has 0 aromatic heterocycles. The van der Waals surface area contributed by atoms with E-state index >= 15 is 0 Å². The van der Waals surface area contributed by atoms with Crippen LogP contribution in [0.4, 0.5) is 0 Å². The van der Waals surface area contributed by atoms with E-state index in [1.807, 2.05) is 0 Å². The zero-order valence-corrected chi connectivity index (χ0v) is 10.6. The van der Waals surface area contributed by atoms with Gasteiger partial charge in [0, 0.05) is 0 Å². The number of nitrogens with two attached hydrogens (primary N) is 1. The highest BCUT2D eigenvalue weighted by Crippen LogP contribution is 2.21. The third-order valence-electron chi connectivity index (χ3n) is 3.59. The molecule has 0 spiro atoms. The summed E-state index contributed by atoms with van der Waals surface area (Å²) < 4.78 is 0. The molecule has 0 atom stereocenters. The molecule has 0 unspecified atom stereocenters. The minimum atomic E-state index is 0.302. The number of likely N-dealkylation sites (tertiary alicyclic amines) is 1. The van der Waals surface area contributed by atoms with Gasteiger partial charge in [-0.2, -0.15) is 0 Å². The van der Waals surface area contributed by atoms with Crippen molar-refractivity contribution < 1.29 is 5.21 Å². The smallest absolute Gasteiger partial charge is 0.153 e. The molecule has 1 aliphatic heterocycles. The Morgan fingerprint density at radius 1 is 1.28 bits per heavy atom. The van der Waals surface area contributed by atoms with E-state index in [0.29, 0.717) is 12.4 Å². The summed E-state index contributed by atoms with van der Waals surface area (Å²) in [5.74, 6) is 1.06. The first-order chi connectivity index (χ1) is 8.78. The fraction of sp³-hybridized carbons (Fsp3) is 0.500. The third-order valence-corrected chi connectivity index (χ3v) is 3.59. The van der Waals surface area contributed by atoms with Crippen molar-refractivity contribution in [2.45, 2.75) is 19.3 Å². The molecule has 1 saturated heterocycles. The van der Waals surface area contributed by atoms with Gasteiger partial charge in [0.15, 0.2) is 5.84 Å². The Balaban J connectivity index is 1.77. The van der Waals surface area contributed by atoms with Crippen molar-refractivity contribution in [3.63, 3.8) is 0 Å². The summed E-state index contributed by atoms with van der Waals surface area (Å²) in [5.41, 5.74) is 6.94. The van der Waals surface area contributed by atoms with E-state index in [2.05, 4.69) is 40.4 Å². The van der Waals surface area contributed by atoms with E-state index in [4.69, 9.17) is 10.9 Å². The van der Waals surface area contributed by atoms with Crippen molar-refractivity contribution in [2.24, 2.45) is 16.8 Å². The highest BCUT2D eigenvalue weighted by atomic mass is 16.4. The minimum absolute atomic E-state index is 0.302. The lowest BCUT2D eigenvalue weighted by atomic mass is 9.90. The molecule has 18 heavy (non-hydrogen) atoms. The number of oxime groups is 1. The fourth-order valence-electron chi connectivity index (χ4n) is 2.56. The van der Waals surface area contributed by atoms with Crippen molar-refractivity contribution >= 4 is 5.84 Å². The van der Waals surface area contributed by atoms with Gasteiger partial charge in [-0.15, -0.1) is 0 Å². The highest BCUT2D eigenvalue weighted by Gasteiger charge is 2.19.